The third kappa shape index (κ3) is 3.30. The number of carbonyl (C=O) groups excluding carboxylic acids is 1. The molecule has 0 atom stereocenters. The molecule has 4 nitrogen and oxygen atoms in total. The summed E-state index contributed by atoms with van der Waals surface area (Å²) in [5.74, 6) is 0.0568. The van der Waals surface area contributed by atoms with Crippen LogP contribution < -0.4 is 5.32 Å². The zero-order valence-corrected chi connectivity index (χ0v) is 13.6. The van der Waals surface area contributed by atoms with Gasteiger partial charge in [-0.1, -0.05) is 13.8 Å². The fourth-order valence-electron chi connectivity index (χ4n) is 2.60. The highest BCUT2D eigenvalue weighted by atomic mass is 32.1. The van der Waals surface area contributed by atoms with Crippen LogP contribution in [0, 0.1) is 0 Å². The minimum atomic E-state index is 0.0568. The molecule has 1 N–H and O–H groups in total. The van der Waals surface area contributed by atoms with Crippen LogP contribution in [0.2, 0.25) is 0 Å². The number of nitrogens with zero attached hydrogens (tertiary/aromatic N) is 2. The maximum Gasteiger partial charge on any atom is 0.261 e. The minimum absolute atomic E-state index is 0.0568. The number of hydrogen-bond acceptors (Lipinski definition) is 3. The third-order valence-electron chi connectivity index (χ3n) is 4.15. The molecular formula is C16H23N3OS. The zero-order chi connectivity index (χ0) is 14.8. The number of thiophene rings is 1. The van der Waals surface area contributed by atoms with E-state index in [4.69, 9.17) is 0 Å². The third-order valence-corrected chi connectivity index (χ3v) is 5.23. The van der Waals surface area contributed by atoms with E-state index in [9.17, 15) is 4.79 Å². The molecule has 0 spiro atoms. The predicted molar refractivity (Wildman–Crippen MR) is 88.2 cm³/mol. The van der Waals surface area contributed by atoms with Crippen molar-refractivity contribution in [3.05, 3.63) is 23.3 Å². The number of amides is 1. The van der Waals surface area contributed by atoms with E-state index >= 15 is 0 Å². The van der Waals surface area contributed by atoms with E-state index in [1.165, 1.54) is 22.9 Å². The summed E-state index contributed by atoms with van der Waals surface area (Å²) in [6.07, 6.45) is 6.95. The van der Waals surface area contributed by atoms with Crippen molar-refractivity contribution < 1.29 is 4.79 Å². The lowest BCUT2D eigenvalue weighted by Gasteiger charge is -2.17. The number of rotatable bonds is 7. The van der Waals surface area contributed by atoms with Crippen molar-refractivity contribution in [2.45, 2.75) is 32.7 Å². The Labute approximate surface area is 129 Å². The largest absolute Gasteiger partial charge is 0.350 e. The van der Waals surface area contributed by atoms with Gasteiger partial charge in [-0.25, -0.2) is 0 Å². The van der Waals surface area contributed by atoms with Gasteiger partial charge in [0, 0.05) is 36.9 Å². The van der Waals surface area contributed by atoms with Crippen molar-refractivity contribution in [2.24, 2.45) is 0 Å². The summed E-state index contributed by atoms with van der Waals surface area (Å²) in [6, 6.07) is 2.72. The van der Waals surface area contributed by atoms with Crippen LogP contribution in [0.1, 0.15) is 42.4 Å². The van der Waals surface area contributed by atoms with Gasteiger partial charge in [-0.15, -0.1) is 11.3 Å². The summed E-state index contributed by atoms with van der Waals surface area (Å²) in [6.45, 7) is 7.97. The lowest BCUT2D eigenvalue weighted by atomic mass is 10.3. The second kappa shape index (κ2) is 6.20. The van der Waals surface area contributed by atoms with Crippen molar-refractivity contribution >= 4 is 27.3 Å². The molecule has 2 aromatic heterocycles. The fraction of sp³-hybridized carbons (Fsp3) is 0.562. The molecule has 0 unspecified atom stereocenters. The van der Waals surface area contributed by atoms with E-state index in [0.29, 0.717) is 12.6 Å². The molecule has 1 saturated carbocycles. The van der Waals surface area contributed by atoms with Gasteiger partial charge in [0.1, 0.15) is 0 Å². The highest BCUT2D eigenvalue weighted by Gasteiger charge is 2.23. The van der Waals surface area contributed by atoms with Gasteiger partial charge in [-0.2, -0.15) is 0 Å². The molecule has 1 aliphatic carbocycles. The SMILES string of the molecule is CCN(CC)CCNC(=O)c1cc2cn(C3CC3)cc2s1. The number of likely N-dealkylation sites (N-methyl/N-ethyl adjacent to an activating group) is 1. The molecule has 0 radical (unpaired) electrons. The molecule has 1 aliphatic rings. The van der Waals surface area contributed by atoms with E-state index < -0.39 is 0 Å². The second-order valence-electron chi connectivity index (χ2n) is 5.65. The Morgan fingerprint density at radius 1 is 1.38 bits per heavy atom. The van der Waals surface area contributed by atoms with Crippen LogP contribution in [0.3, 0.4) is 0 Å². The maximum atomic E-state index is 12.2. The van der Waals surface area contributed by atoms with Gasteiger partial charge in [-0.3, -0.25) is 4.79 Å². The number of nitrogens with one attached hydrogen (secondary N) is 1. The normalized spacial score (nSPS) is 15.0. The summed E-state index contributed by atoms with van der Waals surface area (Å²) in [5, 5.41) is 4.22. The summed E-state index contributed by atoms with van der Waals surface area (Å²) in [7, 11) is 0. The van der Waals surface area contributed by atoms with Gasteiger partial charge in [0.25, 0.3) is 5.91 Å². The summed E-state index contributed by atoms with van der Waals surface area (Å²) >= 11 is 1.60. The first-order chi connectivity index (χ1) is 10.2. The predicted octanol–water partition coefficient (Wildman–Crippen LogP) is 3.11. The van der Waals surface area contributed by atoms with Gasteiger partial charge in [0.15, 0.2) is 0 Å². The van der Waals surface area contributed by atoms with Crippen molar-refractivity contribution in [2.75, 3.05) is 26.2 Å². The van der Waals surface area contributed by atoms with E-state index in [1.54, 1.807) is 11.3 Å². The first-order valence-electron chi connectivity index (χ1n) is 7.82. The van der Waals surface area contributed by atoms with E-state index in [2.05, 4.69) is 41.0 Å². The highest BCUT2D eigenvalue weighted by Crippen LogP contribution is 2.38. The number of hydrogen-bond donors (Lipinski definition) is 1. The standard InChI is InChI=1S/C16H23N3OS/c1-3-18(4-2)8-7-17-16(20)14-9-12-10-19(13-5-6-13)11-15(12)21-14/h9-11,13H,3-8H2,1-2H3,(H,17,20). The summed E-state index contributed by atoms with van der Waals surface area (Å²) in [4.78, 5) is 15.3. The number of aromatic nitrogens is 1. The average molecular weight is 305 g/mol. The molecule has 0 bridgehead atoms. The van der Waals surface area contributed by atoms with Crippen molar-refractivity contribution in [1.82, 2.24) is 14.8 Å². The maximum absolute atomic E-state index is 12.2. The van der Waals surface area contributed by atoms with Crippen LogP contribution in [-0.4, -0.2) is 41.6 Å². The van der Waals surface area contributed by atoms with Gasteiger partial charge in [-0.05, 0) is 32.0 Å². The van der Waals surface area contributed by atoms with Gasteiger partial charge in [0.05, 0.1) is 9.58 Å². The Balaban J connectivity index is 1.58. The Hall–Kier alpha value is -1.33. The van der Waals surface area contributed by atoms with Crippen LogP contribution in [0.4, 0.5) is 0 Å². The molecule has 2 heterocycles. The van der Waals surface area contributed by atoms with Gasteiger partial charge in [0.2, 0.25) is 0 Å². The van der Waals surface area contributed by atoms with Gasteiger partial charge < -0.3 is 14.8 Å². The smallest absolute Gasteiger partial charge is 0.261 e. The average Bonchev–Trinajstić information content (AvgIpc) is 3.14. The lowest BCUT2D eigenvalue weighted by Crippen LogP contribution is -2.34. The monoisotopic (exact) mass is 305 g/mol. The topological polar surface area (TPSA) is 37.3 Å². The lowest BCUT2D eigenvalue weighted by molar-refractivity contribution is 0.0953. The molecule has 1 amide bonds. The van der Waals surface area contributed by atoms with E-state index in [-0.39, 0.29) is 5.91 Å². The quantitative estimate of drug-likeness (QED) is 0.853. The fourth-order valence-corrected chi connectivity index (χ4v) is 3.60. The summed E-state index contributed by atoms with van der Waals surface area (Å²) in [5.41, 5.74) is 0. The highest BCUT2D eigenvalue weighted by molar-refractivity contribution is 7.20. The molecular weight excluding hydrogens is 282 g/mol. The van der Waals surface area contributed by atoms with E-state index in [0.717, 1.165) is 24.5 Å². The molecule has 0 aliphatic heterocycles. The molecule has 0 saturated heterocycles. The second-order valence-corrected chi connectivity index (χ2v) is 6.73. The van der Waals surface area contributed by atoms with Crippen LogP contribution in [0.5, 0.6) is 0 Å². The Morgan fingerprint density at radius 3 is 2.76 bits per heavy atom. The number of carbonyl (C=O) groups is 1. The van der Waals surface area contributed by atoms with Crippen molar-refractivity contribution in [3.63, 3.8) is 0 Å². The van der Waals surface area contributed by atoms with Crippen LogP contribution in [0.15, 0.2) is 18.5 Å². The first kappa shape index (κ1) is 14.6. The molecule has 0 aromatic carbocycles. The first-order valence-corrected chi connectivity index (χ1v) is 8.64. The van der Waals surface area contributed by atoms with Crippen LogP contribution in [0.25, 0.3) is 10.1 Å². The van der Waals surface area contributed by atoms with Crippen LogP contribution in [-0.2, 0) is 0 Å². The zero-order valence-electron chi connectivity index (χ0n) is 12.8. The van der Waals surface area contributed by atoms with Crippen LogP contribution >= 0.6 is 11.3 Å². The molecule has 1 fully saturated rings. The van der Waals surface area contributed by atoms with Crippen molar-refractivity contribution in [3.8, 4) is 0 Å². The van der Waals surface area contributed by atoms with Gasteiger partial charge >= 0.3 is 0 Å². The Bertz CT molecular complexity index is 591. The molecule has 21 heavy (non-hydrogen) atoms. The Kier molecular flexibility index (Phi) is 4.31. The van der Waals surface area contributed by atoms with Crippen molar-refractivity contribution in [1.29, 1.82) is 0 Å². The molecule has 5 heteroatoms. The number of fused-ring (bicyclic) bond motifs is 1. The minimum Gasteiger partial charge on any atom is -0.350 e. The molecule has 114 valence electrons. The summed E-state index contributed by atoms with van der Waals surface area (Å²) < 4.78 is 3.51. The molecule has 2 aromatic rings. The molecule has 3 rings (SSSR count). The Morgan fingerprint density at radius 2 is 2.14 bits per heavy atom. The van der Waals surface area contributed by atoms with E-state index in [1.807, 2.05) is 6.07 Å².